The molecule has 0 saturated heterocycles. The molecule has 282 valence electrons. The van der Waals surface area contributed by atoms with Crippen LogP contribution in [0.3, 0.4) is 0 Å². The maximum absolute atomic E-state index is 13.0. The molecular formula is C39H42Cl4N4O4S2. The Morgan fingerprint density at radius 1 is 0.736 bits per heavy atom. The summed E-state index contributed by atoms with van der Waals surface area (Å²) in [7, 11) is -0.415. The average molecular weight is 837 g/mol. The molecule has 0 aliphatic carbocycles. The lowest BCUT2D eigenvalue weighted by Crippen LogP contribution is -2.40. The van der Waals surface area contributed by atoms with Crippen molar-refractivity contribution in [1.29, 1.82) is 4.78 Å². The van der Waals surface area contributed by atoms with Crippen molar-refractivity contribution < 1.29 is 18.0 Å². The molecule has 2 amide bonds. The van der Waals surface area contributed by atoms with Gasteiger partial charge in [-0.15, -0.1) is 0 Å². The topological polar surface area (TPSA) is 102 Å². The zero-order valence-corrected chi connectivity index (χ0v) is 34.8. The van der Waals surface area contributed by atoms with Gasteiger partial charge in [0.05, 0.1) is 44.4 Å². The molecule has 2 aliphatic heterocycles. The van der Waals surface area contributed by atoms with E-state index in [4.69, 9.17) is 51.2 Å². The Hall–Kier alpha value is -2.96. The van der Waals surface area contributed by atoms with Crippen LogP contribution >= 0.6 is 46.4 Å². The van der Waals surface area contributed by atoms with E-state index in [1.165, 1.54) is 6.26 Å². The molecule has 1 N–H and O–H groups in total. The van der Waals surface area contributed by atoms with Crippen LogP contribution in [0.15, 0.2) is 82.6 Å². The molecule has 4 aromatic carbocycles. The number of nitrogens with zero attached hydrogens (tertiary/aromatic N) is 3. The van der Waals surface area contributed by atoms with Gasteiger partial charge in [-0.25, -0.2) is 17.5 Å². The third kappa shape index (κ3) is 9.13. The van der Waals surface area contributed by atoms with Crippen molar-refractivity contribution in [3.05, 3.63) is 126 Å². The van der Waals surface area contributed by atoms with E-state index in [-0.39, 0.29) is 36.7 Å². The Morgan fingerprint density at radius 3 is 1.57 bits per heavy atom. The second kappa shape index (κ2) is 17.2. The molecule has 0 bridgehead atoms. The lowest BCUT2D eigenvalue weighted by Gasteiger charge is -2.36. The van der Waals surface area contributed by atoms with Crippen LogP contribution in [-0.4, -0.2) is 67.8 Å². The van der Waals surface area contributed by atoms with Crippen molar-refractivity contribution in [3.8, 4) is 0 Å². The molecule has 53 heavy (non-hydrogen) atoms. The summed E-state index contributed by atoms with van der Waals surface area (Å²) in [6.07, 6.45) is 3.01. The lowest BCUT2D eigenvalue weighted by molar-refractivity contribution is -0.133. The highest BCUT2D eigenvalue weighted by atomic mass is 35.5. The van der Waals surface area contributed by atoms with Crippen LogP contribution in [0.4, 0.5) is 0 Å². The first kappa shape index (κ1) is 41.2. The van der Waals surface area contributed by atoms with Gasteiger partial charge in [0.1, 0.15) is 11.0 Å². The van der Waals surface area contributed by atoms with Crippen LogP contribution in [0.1, 0.15) is 59.3 Å². The molecule has 8 nitrogen and oxygen atoms in total. The second-order valence-electron chi connectivity index (χ2n) is 13.3. The summed E-state index contributed by atoms with van der Waals surface area (Å²) in [5, 5.41) is 1.98. The standard InChI is InChI=1S/C20H22Cl2N2O2S.C19H20Cl2N2O2S/c1-13-14-6-4-9-19(27(26)23(2)3)15(14)10-11-24(13)20(25)12-16-17(21)7-5-8-18(16)22;1-12-13-5-3-8-18(26(2,22)25)14(13)9-10-23(12)19(24)11-15-16(20)6-4-7-17(15)21/h4-9,13H,10-12H2,1-3H3;3-8,12,22H,9-11H2,1-2H3/t13-,27?;12-,26?/m00/s1. The minimum absolute atomic E-state index is 0.0118. The number of carbonyl (C=O) groups excluding carboxylic acids is 2. The first-order valence-electron chi connectivity index (χ1n) is 17.0. The number of rotatable bonds is 7. The number of fused-ring (bicyclic) bond motifs is 2. The summed E-state index contributed by atoms with van der Waals surface area (Å²) >= 11 is 24.8. The molecule has 6 rings (SSSR count). The quantitative estimate of drug-likeness (QED) is 0.201. The van der Waals surface area contributed by atoms with Crippen molar-refractivity contribution in [2.24, 2.45) is 0 Å². The number of hydrogen-bond acceptors (Lipinski definition) is 5. The molecule has 14 heteroatoms. The summed E-state index contributed by atoms with van der Waals surface area (Å²) in [5.74, 6) is -0.0612. The molecule has 0 aromatic heterocycles. The molecule has 0 spiro atoms. The van der Waals surface area contributed by atoms with Crippen molar-refractivity contribution in [2.75, 3.05) is 33.4 Å². The van der Waals surface area contributed by atoms with E-state index in [1.54, 1.807) is 71.8 Å². The molecule has 0 radical (unpaired) electrons. The van der Waals surface area contributed by atoms with E-state index in [2.05, 4.69) is 0 Å². The van der Waals surface area contributed by atoms with Crippen LogP contribution in [0.2, 0.25) is 20.1 Å². The predicted octanol–water partition coefficient (Wildman–Crippen LogP) is 8.98. The highest BCUT2D eigenvalue weighted by molar-refractivity contribution is 7.91. The van der Waals surface area contributed by atoms with Crippen LogP contribution in [-0.2, 0) is 56.0 Å². The number of benzene rings is 4. The first-order chi connectivity index (χ1) is 25.0. The first-order valence-corrected chi connectivity index (χ1v) is 21.6. The molecule has 2 heterocycles. The summed E-state index contributed by atoms with van der Waals surface area (Å²) in [6, 6.07) is 21.5. The largest absolute Gasteiger partial charge is 0.335 e. The van der Waals surface area contributed by atoms with Crippen molar-refractivity contribution >= 4 is 78.9 Å². The van der Waals surface area contributed by atoms with Gasteiger partial charge in [0.25, 0.3) is 0 Å². The third-order valence-corrected chi connectivity index (χ3v) is 13.8. The molecule has 4 atom stereocenters. The van der Waals surface area contributed by atoms with Crippen molar-refractivity contribution in [2.45, 2.75) is 61.4 Å². The Balaban J connectivity index is 0.000000204. The van der Waals surface area contributed by atoms with Gasteiger partial charge in [-0.1, -0.05) is 82.8 Å². The van der Waals surface area contributed by atoms with Gasteiger partial charge in [0.15, 0.2) is 0 Å². The zero-order chi connectivity index (χ0) is 38.8. The van der Waals surface area contributed by atoms with Gasteiger partial charge in [0.2, 0.25) is 11.8 Å². The molecule has 2 unspecified atom stereocenters. The normalized spacial score (nSPS) is 18.3. The highest BCUT2D eigenvalue weighted by Gasteiger charge is 2.32. The van der Waals surface area contributed by atoms with Gasteiger partial charge in [-0.3, -0.25) is 9.59 Å². The Morgan fingerprint density at radius 2 is 1.13 bits per heavy atom. The average Bonchev–Trinajstić information content (AvgIpc) is 3.11. The van der Waals surface area contributed by atoms with Gasteiger partial charge in [0, 0.05) is 39.4 Å². The molecule has 0 fully saturated rings. The minimum atomic E-state index is -2.80. The monoisotopic (exact) mass is 834 g/mol. The Kier molecular flexibility index (Phi) is 13.4. The number of hydrogen-bond donors (Lipinski definition) is 1. The Bertz CT molecular complexity index is 2140. The van der Waals surface area contributed by atoms with Crippen LogP contribution in [0, 0.1) is 4.78 Å². The Labute approximate surface area is 334 Å². The van der Waals surface area contributed by atoms with Crippen LogP contribution < -0.4 is 0 Å². The third-order valence-electron chi connectivity index (χ3n) is 9.74. The minimum Gasteiger partial charge on any atom is -0.335 e. The fraction of sp³-hybridized carbons (Fsp3) is 0.333. The predicted molar refractivity (Wildman–Crippen MR) is 216 cm³/mol. The van der Waals surface area contributed by atoms with E-state index < -0.39 is 20.7 Å². The second-order valence-corrected chi connectivity index (χ2v) is 18.8. The molecule has 4 aromatic rings. The highest BCUT2D eigenvalue weighted by Crippen LogP contribution is 2.36. The number of nitrogens with one attached hydrogen (secondary N) is 1. The van der Waals surface area contributed by atoms with E-state index in [9.17, 15) is 18.0 Å². The summed E-state index contributed by atoms with van der Waals surface area (Å²) in [5.41, 5.74) is 5.31. The van der Waals surface area contributed by atoms with E-state index >= 15 is 0 Å². The van der Waals surface area contributed by atoms with E-state index in [0.717, 1.165) is 27.1 Å². The van der Waals surface area contributed by atoms with Crippen molar-refractivity contribution in [1.82, 2.24) is 14.1 Å². The zero-order valence-electron chi connectivity index (χ0n) is 30.1. The lowest BCUT2D eigenvalue weighted by atomic mass is 9.93. The molecule has 2 aliphatic rings. The molecule has 0 saturated carbocycles. The van der Waals surface area contributed by atoms with Gasteiger partial charge in [-0.05, 0) is 111 Å². The van der Waals surface area contributed by atoms with Crippen LogP contribution in [0.5, 0.6) is 0 Å². The maximum Gasteiger partial charge on any atom is 0.227 e. The summed E-state index contributed by atoms with van der Waals surface area (Å²) in [4.78, 5) is 30.9. The SMILES string of the molecule is C[C@H]1c2cccc(S(=O)N(C)C)c2CCN1C(=O)Cc1c(Cl)cccc1Cl.C[C@H]1c2cccc(S(C)(=N)=O)c2CCN1C(=O)Cc1c(Cl)cccc1Cl. The fourth-order valence-corrected chi connectivity index (χ4v) is 10.1. The summed E-state index contributed by atoms with van der Waals surface area (Å²) < 4.78 is 34.5. The fourth-order valence-electron chi connectivity index (χ4n) is 6.99. The van der Waals surface area contributed by atoms with E-state index in [1.807, 2.05) is 43.0 Å². The van der Waals surface area contributed by atoms with Gasteiger partial charge in [-0.2, -0.15) is 0 Å². The number of carbonyl (C=O) groups is 2. The van der Waals surface area contributed by atoms with E-state index in [0.29, 0.717) is 62.0 Å². The molecular weight excluding hydrogens is 794 g/mol. The van der Waals surface area contributed by atoms with Crippen molar-refractivity contribution in [3.63, 3.8) is 0 Å². The number of amides is 2. The number of halogens is 4. The van der Waals surface area contributed by atoms with Gasteiger partial charge >= 0.3 is 0 Å². The van der Waals surface area contributed by atoms with Gasteiger partial charge < -0.3 is 9.80 Å². The smallest absolute Gasteiger partial charge is 0.227 e. The summed E-state index contributed by atoms with van der Waals surface area (Å²) in [6.45, 7) is 5.06. The maximum atomic E-state index is 13.0. The van der Waals surface area contributed by atoms with Crippen LogP contribution in [0.25, 0.3) is 0 Å².